The molecule has 6 nitrogen and oxygen atoms in total. The third-order valence-electron chi connectivity index (χ3n) is 1.75. The molecule has 0 saturated carbocycles. The molecule has 16 heavy (non-hydrogen) atoms. The maximum Gasteiger partial charge on any atom is 0.271 e. The Hall–Kier alpha value is -2.11. The number of carbonyl (C=O) groups excluding carboxylic acids is 1. The molecule has 0 aliphatic heterocycles. The number of aromatic amines is 1. The van der Waals surface area contributed by atoms with Crippen molar-refractivity contribution in [2.24, 2.45) is 0 Å². The Bertz CT molecular complexity index is 394. The number of hydrogen-bond donors (Lipinski definition) is 2. The molecule has 0 aromatic carbocycles. The lowest BCUT2D eigenvalue weighted by atomic mass is 10.3. The minimum Gasteiger partial charge on any atom is -0.502 e. The largest absolute Gasteiger partial charge is 0.502 e. The molecule has 86 valence electrons. The van der Waals surface area contributed by atoms with Gasteiger partial charge in [0.05, 0.1) is 12.9 Å². The zero-order valence-corrected chi connectivity index (χ0v) is 8.73. The summed E-state index contributed by atoms with van der Waals surface area (Å²) < 4.78 is 4.89. The van der Waals surface area contributed by atoms with Crippen LogP contribution in [-0.2, 0) is 4.74 Å². The Morgan fingerprint density at radius 2 is 2.44 bits per heavy atom. The molecule has 0 saturated heterocycles. The van der Waals surface area contributed by atoms with Gasteiger partial charge in [-0.25, -0.2) is 5.10 Å². The second-order valence-electron chi connectivity index (χ2n) is 2.95. The van der Waals surface area contributed by atoms with Gasteiger partial charge in [-0.3, -0.25) is 9.59 Å². The first-order chi connectivity index (χ1) is 7.74. The number of hydrogen-bond acceptors (Lipinski definition) is 4. The van der Waals surface area contributed by atoms with Gasteiger partial charge in [-0.15, -0.1) is 0 Å². The van der Waals surface area contributed by atoms with Crippen LogP contribution in [0.1, 0.15) is 16.9 Å². The number of ether oxygens (including phenoxy) is 1. The van der Waals surface area contributed by atoms with E-state index in [-0.39, 0.29) is 17.2 Å². The van der Waals surface area contributed by atoms with E-state index in [4.69, 9.17) is 4.74 Å². The molecular formula is C10H13N3O3. The maximum atomic E-state index is 11.4. The van der Waals surface area contributed by atoms with Gasteiger partial charge in [0.2, 0.25) is 0 Å². The normalized spacial score (nSPS) is 9.50. The predicted molar refractivity (Wildman–Crippen MR) is 58.0 cm³/mol. The average Bonchev–Trinajstić information content (AvgIpc) is 2.29. The van der Waals surface area contributed by atoms with E-state index < -0.39 is 0 Å². The van der Waals surface area contributed by atoms with Crippen LogP contribution in [-0.4, -0.2) is 29.3 Å². The number of aromatic nitrogens is 2. The maximum absolute atomic E-state index is 11.4. The third-order valence-corrected chi connectivity index (χ3v) is 1.75. The lowest BCUT2D eigenvalue weighted by molar-refractivity contribution is 0.0944. The van der Waals surface area contributed by atoms with Crippen LogP contribution < -0.4 is 10.9 Å². The first-order valence-corrected chi connectivity index (χ1v) is 4.80. The van der Waals surface area contributed by atoms with Crippen LogP contribution in [0.15, 0.2) is 29.8 Å². The Balaban J connectivity index is 2.32. The minimum atomic E-state index is -0.337. The fourth-order valence-corrected chi connectivity index (χ4v) is 1.00. The van der Waals surface area contributed by atoms with Gasteiger partial charge in [0, 0.05) is 12.6 Å². The topological polar surface area (TPSA) is 84.1 Å². The molecule has 1 heterocycles. The highest BCUT2D eigenvalue weighted by Crippen LogP contribution is 1.89. The fourth-order valence-electron chi connectivity index (χ4n) is 1.00. The average molecular weight is 223 g/mol. The van der Waals surface area contributed by atoms with Gasteiger partial charge in [-0.2, -0.15) is 5.10 Å². The number of nitrogens with zero attached hydrogens (tertiary/aromatic N) is 1. The summed E-state index contributed by atoms with van der Waals surface area (Å²) in [6.45, 7) is 4.38. The molecule has 1 aromatic rings. The van der Waals surface area contributed by atoms with Crippen molar-refractivity contribution in [3.8, 4) is 0 Å². The number of carbonyl (C=O) groups is 1. The van der Waals surface area contributed by atoms with Crippen LogP contribution >= 0.6 is 0 Å². The van der Waals surface area contributed by atoms with Gasteiger partial charge in [-0.1, -0.05) is 6.58 Å². The molecular weight excluding hydrogens is 210 g/mol. The molecule has 0 bridgehead atoms. The lowest BCUT2D eigenvalue weighted by Gasteiger charge is -2.03. The van der Waals surface area contributed by atoms with Crippen molar-refractivity contribution in [3.05, 3.63) is 41.0 Å². The molecule has 1 rings (SSSR count). The zero-order chi connectivity index (χ0) is 11.8. The highest BCUT2D eigenvalue weighted by molar-refractivity contribution is 5.91. The molecule has 0 aliphatic rings. The van der Waals surface area contributed by atoms with Crippen LogP contribution in [0.2, 0.25) is 0 Å². The molecule has 0 spiro atoms. The van der Waals surface area contributed by atoms with Crippen LogP contribution in [0.3, 0.4) is 0 Å². The van der Waals surface area contributed by atoms with Crippen LogP contribution in [0.5, 0.6) is 0 Å². The van der Waals surface area contributed by atoms with Gasteiger partial charge < -0.3 is 10.1 Å². The summed E-state index contributed by atoms with van der Waals surface area (Å²) in [6, 6.07) is 2.62. The quantitative estimate of drug-likeness (QED) is 0.527. The van der Waals surface area contributed by atoms with Gasteiger partial charge in [0.1, 0.15) is 5.69 Å². The van der Waals surface area contributed by atoms with E-state index in [1.54, 1.807) is 0 Å². The van der Waals surface area contributed by atoms with Crippen molar-refractivity contribution in [3.63, 3.8) is 0 Å². The molecule has 1 amide bonds. The fraction of sp³-hybridized carbons (Fsp3) is 0.300. The van der Waals surface area contributed by atoms with Crippen molar-refractivity contribution >= 4 is 5.91 Å². The second-order valence-corrected chi connectivity index (χ2v) is 2.95. The molecule has 1 aromatic heterocycles. The van der Waals surface area contributed by atoms with Gasteiger partial charge in [-0.05, 0) is 12.5 Å². The summed E-state index contributed by atoms with van der Waals surface area (Å²) in [5, 5.41) is 8.42. The van der Waals surface area contributed by atoms with Crippen LogP contribution in [0.25, 0.3) is 0 Å². The SMILES string of the molecule is C=COCCCNC(=O)c1ccc(=O)[nH]n1. The molecule has 0 aliphatic carbocycles. The summed E-state index contributed by atoms with van der Waals surface area (Å²) in [6.07, 6.45) is 2.03. The molecule has 0 radical (unpaired) electrons. The molecule has 6 heteroatoms. The zero-order valence-electron chi connectivity index (χ0n) is 8.73. The highest BCUT2D eigenvalue weighted by Gasteiger charge is 2.05. The standard InChI is InChI=1S/C10H13N3O3/c1-2-16-7-3-6-11-10(15)8-4-5-9(14)13-12-8/h2,4-5H,1,3,6-7H2,(H,11,15)(H,13,14). The van der Waals surface area contributed by atoms with E-state index in [9.17, 15) is 9.59 Å². The van der Waals surface area contributed by atoms with Crippen molar-refractivity contribution in [1.29, 1.82) is 0 Å². The Morgan fingerprint density at radius 1 is 1.62 bits per heavy atom. The second kappa shape index (κ2) is 6.39. The Labute approximate surface area is 92.3 Å². The first kappa shape index (κ1) is 12.0. The predicted octanol–water partition coefficient (Wildman–Crippen LogP) is 0.0499. The number of rotatable bonds is 6. The van der Waals surface area contributed by atoms with Crippen molar-refractivity contribution in [2.45, 2.75) is 6.42 Å². The Morgan fingerprint density at radius 3 is 3.06 bits per heavy atom. The summed E-state index contributed by atoms with van der Waals surface area (Å²) in [5.41, 5.74) is -0.153. The summed E-state index contributed by atoms with van der Waals surface area (Å²) in [4.78, 5) is 22.1. The van der Waals surface area contributed by atoms with E-state index >= 15 is 0 Å². The van der Waals surface area contributed by atoms with E-state index in [2.05, 4.69) is 22.1 Å². The summed E-state index contributed by atoms with van der Waals surface area (Å²) in [7, 11) is 0. The molecule has 0 atom stereocenters. The number of amides is 1. The molecule has 2 N–H and O–H groups in total. The van der Waals surface area contributed by atoms with E-state index in [0.717, 1.165) is 0 Å². The Kier molecular flexibility index (Phi) is 4.78. The smallest absolute Gasteiger partial charge is 0.271 e. The third kappa shape index (κ3) is 3.95. The monoisotopic (exact) mass is 223 g/mol. The van der Waals surface area contributed by atoms with Crippen LogP contribution in [0.4, 0.5) is 0 Å². The minimum absolute atomic E-state index is 0.184. The number of nitrogens with one attached hydrogen (secondary N) is 2. The summed E-state index contributed by atoms with van der Waals surface area (Å²) >= 11 is 0. The molecule has 0 unspecified atom stereocenters. The van der Waals surface area contributed by atoms with Gasteiger partial charge in [0.15, 0.2) is 0 Å². The van der Waals surface area contributed by atoms with Crippen molar-refractivity contribution in [2.75, 3.05) is 13.2 Å². The summed E-state index contributed by atoms with van der Waals surface area (Å²) in [5.74, 6) is -0.324. The van der Waals surface area contributed by atoms with E-state index in [0.29, 0.717) is 19.6 Å². The number of H-pyrrole nitrogens is 1. The van der Waals surface area contributed by atoms with E-state index in [1.807, 2.05) is 0 Å². The van der Waals surface area contributed by atoms with E-state index in [1.165, 1.54) is 18.4 Å². The lowest BCUT2D eigenvalue weighted by Crippen LogP contribution is -2.27. The van der Waals surface area contributed by atoms with Gasteiger partial charge in [0.25, 0.3) is 11.5 Å². The first-order valence-electron chi connectivity index (χ1n) is 4.80. The van der Waals surface area contributed by atoms with Crippen molar-refractivity contribution in [1.82, 2.24) is 15.5 Å². The van der Waals surface area contributed by atoms with Crippen LogP contribution in [0, 0.1) is 0 Å². The molecule has 0 fully saturated rings. The van der Waals surface area contributed by atoms with Crippen molar-refractivity contribution < 1.29 is 9.53 Å². The van der Waals surface area contributed by atoms with Gasteiger partial charge >= 0.3 is 0 Å². The highest BCUT2D eigenvalue weighted by atomic mass is 16.5.